The number of rotatable bonds is 1. The molecule has 2 aromatic carbocycles. The monoisotopic (exact) mass is 247 g/mol. The van der Waals surface area contributed by atoms with Crippen LogP contribution in [0.2, 0.25) is 0 Å². The maximum Gasteiger partial charge on any atom is 0.0786 e. The van der Waals surface area contributed by atoms with E-state index >= 15 is 0 Å². The molecule has 0 N–H and O–H groups in total. The summed E-state index contributed by atoms with van der Waals surface area (Å²) in [7, 11) is 0. The summed E-state index contributed by atoms with van der Waals surface area (Å²) in [6.45, 7) is 6.33. The summed E-state index contributed by atoms with van der Waals surface area (Å²) in [5.74, 6) is 0. The van der Waals surface area contributed by atoms with Crippen LogP contribution in [0.4, 0.5) is 0 Å². The van der Waals surface area contributed by atoms with Crippen LogP contribution in [-0.2, 0) is 0 Å². The summed E-state index contributed by atoms with van der Waals surface area (Å²) >= 11 is 0. The Kier molecular flexibility index (Phi) is 2.83. The number of hydrogen-bond acceptors (Lipinski definition) is 1. The van der Waals surface area contributed by atoms with Gasteiger partial charge < -0.3 is 0 Å². The highest BCUT2D eigenvalue weighted by molar-refractivity contribution is 5.95. The first-order chi connectivity index (χ1) is 9.15. The van der Waals surface area contributed by atoms with Crippen molar-refractivity contribution in [2.75, 3.05) is 0 Å². The third-order valence-electron chi connectivity index (χ3n) is 3.52. The summed E-state index contributed by atoms with van der Waals surface area (Å²) < 4.78 is 0. The minimum absolute atomic E-state index is 1.06. The number of benzene rings is 2. The van der Waals surface area contributed by atoms with E-state index in [1.54, 1.807) is 0 Å². The third-order valence-corrected chi connectivity index (χ3v) is 3.52. The molecule has 94 valence electrons. The van der Waals surface area contributed by atoms with Gasteiger partial charge in [0.25, 0.3) is 0 Å². The predicted molar refractivity (Wildman–Crippen MR) is 81.4 cm³/mol. The summed E-state index contributed by atoms with van der Waals surface area (Å²) in [6, 6.07) is 17.1. The number of nitrogens with zero attached hydrogens (tertiary/aromatic N) is 1. The van der Waals surface area contributed by atoms with Gasteiger partial charge in [-0.25, -0.2) is 0 Å². The molecule has 0 atom stereocenters. The Balaban J connectivity index is 2.38. The van der Waals surface area contributed by atoms with Gasteiger partial charge in [-0.3, -0.25) is 4.98 Å². The van der Waals surface area contributed by atoms with Crippen LogP contribution in [0, 0.1) is 20.8 Å². The molecule has 1 nitrogen and oxygen atoms in total. The molecule has 3 rings (SSSR count). The van der Waals surface area contributed by atoms with Gasteiger partial charge in [-0.05, 0) is 43.9 Å². The van der Waals surface area contributed by atoms with Crippen molar-refractivity contribution in [3.63, 3.8) is 0 Å². The molecule has 1 aromatic heterocycles. The highest BCUT2D eigenvalue weighted by Gasteiger charge is 2.09. The molecule has 0 aliphatic rings. The molecule has 0 radical (unpaired) electrons. The van der Waals surface area contributed by atoms with Crippen molar-refractivity contribution < 1.29 is 0 Å². The number of aryl methyl sites for hydroxylation is 3. The van der Waals surface area contributed by atoms with E-state index < -0.39 is 0 Å². The van der Waals surface area contributed by atoms with Gasteiger partial charge >= 0.3 is 0 Å². The van der Waals surface area contributed by atoms with Crippen LogP contribution in [0.15, 0.2) is 48.5 Å². The maximum absolute atomic E-state index is 4.77. The lowest BCUT2D eigenvalue weighted by atomic mass is 9.98. The van der Waals surface area contributed by atoms with Crippen LogP contribution in [0.3, 0.4) is 0 Å². The first-order valence-corrected chi connectivity index (χ1v) is 6.59. The van der Waals surface area contributed by atoms with Crippen molar-refractivity contribution in [2.24, 2.45) is 0 Å². The maximum atomic E-state index is 4.77. The molecule has 0 aliphatic carbocycles. The molecule has 0 amide bonds. The predicted octanol–water partition coefficient (Wildman–Crippen LogP) is 4.83. The van der Waals surface area contributed by atoms with Crippen molar-refractivity contribution in [2.45, 2.75) is 20.8 Å². The largest absolute Gasteiger partial charge is 0.252 e. The van der Waals surface area contributed by atoms with Crippen molar-refractivity contribution in [1.82, 2.24) is 4.98 Å². The molecule has 0 saturated carbocycles. The zero-order valence-corrected chi connectivity index (χ0v) is 11.6. The van der Waals surface area contributed by atoms with Crippen LogP contribution in [-0.4, -0.2) is 4.98 Å². The van der Waals surface area contributed by atoms with Crippen LogP contribution >= 0.6 is 0 Å². The fourth-order valence-electron chi connectivity index (χ4n) is 2.53. The summed E-state index contributed by atoms with van der Waals surface area (Å²) in [4.78, 5) is 4.77. The normalized spacial score (nSPS) is 10.9. The van der Waals surface area contributed by atoms with Gasteiger partial charge in [0.15, 0.2) is 0 Å². The molecule has 0 aliphatic heterocycles. The Labute approximate surface area is 113 Å². The van der Waals surface area contributed by atoms with Gasteiger partial charge in [-0.15, -0.1) is 0 Å². The summed E-state index contributed by atoms with van der Waals surface area (Å²) in [5.41, 5.74) is 5.94. The molecule has 3 aromatic rings. The lowest BCUT2D eigenvalue weighted by Crippen LogP contribution is -1.92. The molecule has 0 saturated heterocycles. The van der Waals surface area contributed by atoms with Crippen LogP contribution in [0.25, 0.3) is 22.0 Å². The second kappa shape index (κ2) is 4.51. The zero-order valence-electron chi connectivity index (χ0n) is 11.6. The zero-order chi connectivity index (χ0) is 13.4. The van der Waals surface area contributed by atoms with Crippen LogP contribution < -0.4 is 0 Å². The minimum atomic E-state index is 1.06. The van der Waals surface area contributed by atoms with E-state index in [4.69, 9.17) is 4.98 Å². The first kappa shape index (κ1) is 11.9. The molecular formula is C18H17N. The second-order valence-electron chi connectivity index (χ2n) is 5.15. The lowest BCUT2D eigenvalue weighted by molar-refractivity contribution is 1.22. The first-order valence-electron chi connectivity index (χ1n) is 6.59. The van der Waals surface area contributed by atoms with E-state index in [0.717, 1.165) is 11.4 Å². The second-order valence-corrected chi connectivity index (χ2v) is 5.15. The lowest BCUT2D eigenvalue weighted by Gasteiger charge is -2.11. The molecule has 1 heteroatoms. The highest BCUT2D eigenvalue weighted by Crippen LogP contribution is 2.30. The summed E-state index contributed by atoms with van der Waals surface area (Å²) in [5, 5.41) is 2.48. The number of fused-ring (bicyclic) bond motifs is 1. The van der Waals surface area contributed by atoms with E-state index in [1.807, 2.05) is 0 Å². The van der Waals surface area contributed by atoms with Gasteiger partial charge in [-0.2, -0.15) is 0 Å². The minimum Gasteiger partial charge on any atom is -0.252 e. The van der Waals surface area contributed by atoms with Gasteiger partial charge in [0.1, 0.15) is 0 Å². The molecule has 0 bridgehead atoms. The Bertz CT molecular complexity index is 757. The SMILES string of the molecule is Cc1ccc(C)c(-c2nc(C)cc3ccccc23)c1. The van der Waals surface area contributed by atoms with E-state index in [1.165, 1.54) is 27.5 Å². The quantitative estimate of drug-likeness (QED) is 0.600. The molecular weight excluding hydrogens is 230 g/mol. The van der Waals surface area contributed by atoms with Gasteiger partial charge in [0, 0.05) is 16.6 Å². The van der Waals surface area contributed by atoms with Gasteiger partial charge in [0.05, 0.1) is 5.69 Å². The molecule has 1 heterocycles. The van der Waals surface area contributed by atoms with E-state index in [0.29, 0.717) is 0 Å². The average Bonchev–Trinajstić information content (AvgIpc) is 2.40. The Morgan fingerprint density at radius 3 is 2.47 bits per heavy atom. The fourth-order valence-corrected chi connectivity index (χ4v) is 2.53. The topological polar surface area (TPSA) is 12.9 Å². The van der Waals surface area contributed by atoms with E-state index in [9.17, 15) is 0 Å². The molecule has 0 spiro atoms. The standard InChI is InChI=1S/C18H17N/c1-12-8-9-13(2)17(10-12)18-16-7-5-4-6-15(16)11-14(3)19-18/h4-11H,1-3H3. The van der Waals surface area contributed by atoms with Gasteiger partial charge in [0.2, 0.25) is 0 Å². The Morgan fingerprint density at radius 1 is 0.842 bits per heavy atom. The van der Waals surface area contributed by atoms with Crippen molar-refractivity contribution in [1.29, 1.82) is 0 Å². The summed E-state index contributed by atoms with van der Waals surface area (Å²) in [6.07, 6.45) is 0. The number of aromatic nitrogens is 1. The van der Waals surface area contributed by atoms with Crippen molar-refractivity contribution in [3.05, 3.63) is 65.4 Å². The third kappa shape index (κ3) is 2.12. The highest BCUT2D eigenvalue weighted by atomic mass is 14.7. The average molecular weight is 247 g/mol. The molecule has 19 heavy (non-hydrogen) atoms. The van der Waals surface area contributed by atoms with Crippen molar-refractivity contribution >= 4 is 10.8 Å². The van der Waals surface area contributed by atoms with Crippen LogP contribution in [0.1, 0.15) is 16.8 Å². The molecule has 0 unspecified atom stereocenters. The van der Waals surface area contributed by atoms with E-state index in [2.05, 4.69) is 69.3 Å². The van der Waals surface area contributed by atoms with Crippen molar-refractivity contribution in [3.8, 4) is 11.3 Å². The van der Waals surface area contributed by atoms with Gasteiger partial charge in [-0.1, -0.05) is 42.0 Å². The van der Waals surface area contributed by atoms with Crippen LogP contribution in [0.5, 0.6) is 0 Å². The number of hydrogen-bond donors (Lipinski definition) is 0. The smallest absolute Gasteiger partial charge is 0.0786 e. The van der Waals surface area contributed by atoms with E-state index in [-0.39, 0.29) is 0 Å². The Morgan fingerprint density at radius 2 is 1.63 bits per heavy atom. The number of pyridine rings is 1. The fraction of sp³-hybridized carbons (Fsp3) is 0.167. The Hall–Kier alpha value is -2.15. The molecule has 0 fully saturated rings.